The number of nitrogens with two attached hydrogens (primary N) is 5. The van der Waals surface area contributed by atoms with Crippen molar-refractivity contribution in [3.63, 3.8) is 0 Å². The number of thioether (sulfide) groups is 2. The molecule has 27 heteroatoms. The predicted octanol–water partition coefficient (Wildman–Crippen LogP) is -3.62. The predicted molar refractivity (Wildman–Crippen MR) is 255 cm³/mol. The molecule has 0 aromatic heterocycles. The van der Waals surface area contributed by atoms with E-state index in [0.717, 1.165) is 0 Å². The molecule has 17 N–H and O–H groups in total. The Morgan fingerprint density at radius 2 is 1.33 bits per heavy atom. The normalized spacial score (nSPS) is 16.5. The number of carboxylic acid groups (broad SMARTS) is 1. The summed E-state index contributed by atoms with van der Waals surface area (Å²) in [5, 5.41) is 24.7. The van der Waals surface area contributed by atoms with Gasteiger partial charge in [0.2, 0.25) is 41.4 Å². The van der Waals surface area contributed by atoms with Gasteiger partial charge in [0.15, 0.2) is 11.9 Å². The lowest BCUT2D eigenvalue weighted by molar-refractivity contribution is -0.142. The quantitative estimate of drug-likeness (QED) is 0.0149. The first-order valence-corrected chi connectivity index (χ1v) is 24.1. The topological polar surface area (TPSA) is 387 Å². The first kappa shape index (κ1) is 57.7. The number of carbonyl (C=O) groups is 8. The molecule has 0 radical (unpaired) electrons. The smallest absolute Gasteiger partial charge is 0.327 e. The lowest BCUT2D eigenvalue weighted by Gasteiger charge is -2.31. The molecular weight excluding hydrogens is 913 g/mol. The fourth-order valence-corrected chi connectivity index (χ4v) is 7.93. The van der Waals surface area contributed by atoms with E-state index in [1.54, 1.807) is 27.7 Å². The molecule has 7 amide bonds. The summed E-state index contributed by atoms with van der Waals surface area (Å²) in [6.45, 7) is 6.53. The minimum absolute atomic E-state index is 0.00734. The monoisotopic (exact) mass is 980 g/mol. The van der Waals surface area contributed by atoms with Crippen molar-refractivity contribution in [2.45, 2.75) is 113 Å². The summed E-state index contributed by atoms with van der Waals surface area (Å²) in [5.41, 5.74) is 28.0. The van der Waals surface area contributed by atoms with Crippen LogP contribution in [-0.4, -0.2) is 165 Å². The van der Waals surface area contributed by atoms with Crippen LogP contribution in [0.3, 0.4) is 0 Å². The van der Waals surface area contributed by atoms with Gasteiger partial charge in [-0.05, 0) is 70.3 Å². The lowest BCUT2D eigenvalue weighted by Crippen LogP contribution is -2.60. The van der Waals surface area contributed by atoms with Gasteiger partial charge in [-0.1, -0.05) is 13.8 Å². The van der Waals surface area contributed by atoms with Crippen molar-refractivity contribution in [2.75, 3.05) is 49.0 Å². The van der Waals surface area contributed by atoms with Gasteiger partial charge < -0.3 is 70.6 Å². The van der Waals surface area contributed by atoms with E-state index in [0.29, 0.717) is 5.75 Å². The van der Waals surface area contributed by atoms with Crippen molar-refractivity contribution in [1.82, 2.24) is 36.8 Å². The SMILES string of the molecule is CSCC[C@H](NC(=O)[C@H](N)C(C)(C)S)C(=O)N1CSCC1C(=O)N[C@@H](CCCN=C(N)N)C(=O)N[C@@H](CC(C)C)C(=O)N[C@@H](CCCN=C(N)N)C(=O)NCC(=O)N[C@@H](CS)C(=O)O. The molecule has 1 unspecified atom stereocenters. The van der Waals surface area contributed by atoms with Crippen LogP contribution in [0, 0.1) is 5.92 Å². The highest BCUT2D eigenvalue weighted by atomic mass is 32.2. The molecule has 1 heterocycles. The minimum atomic E-state index is -1.32. The molecule has 23 nitrogen and oxygen atoms in total. The molecule has 364 valence electrons. The lowest BCUT2D eigenvalue weighted by atomic mass is 10.0. The molecule has 64 heavy (non-hydrogen) atoms. The van der Waals surface area contributed by atoms with Gasteiger partial charge in [0.25, 0.3) is 0 Å². The first-order chi connectivity index (χ1) is 29.9. The Bertz CT molecular complexity index is 1660. The van der Waals surface area contributed by atoms with Crippen LogP contribution in [0.5, 0.6) is 0 Å². The molecule has 1 aliphatic heterocycles. The summed E-state index contributed by atoms with van der Waals surface area (Å²) in [6, 6.07) is -8.12. The van der Waals surface area contributed by atoms with E-state index in [-0.39, 0.29) is 86.8 Å². The van der Waals surface area contributed by atoms with Crippen LogP contribution in [0.2, 0.25) is 0 Å². The number of aliphatic imine (C=N–C) groups is 2. The maximum absolute atomic E-state index is 14.1. The standard InChI is InChI=1S/C37H68N14O9S4/c1-19(2)14-23(30(55)47-20(8-6-11-43-35(39)40)28(53)45-15-26(52)46-24(16-61)34(59)60)50-29(54)21(9-7-12-44-36(41)42)48-31(56)25-17-64-18-51(25)33(58)22(10-13-63-5)49-32(57)27(38)37(3,4)62/h19-25,27,61-62H,6-18,38H2,1-5H3,(H,45,53)(H,46,52)(H,47,55)(H,48,56)(H,49,57)(H,50,54)(H,59,60)(H4,39,40,43)(H4,41,42,44)/t20-,21-,22-,23-,24-,25?,27-/m0/s1. The van der Waals surface area contributed by atoms with Crippen molar-refractivity contribution >= 4 is 108 Å². The second kappa shape index (κ2) is 29.2. The fourth-order valence-electron chi connectivity index (χ4n) is 5.93. The number of hydrogen-bond donors (Lipinski definition) is 14. The summed E-state index contributed by atoms with van der Waals surface area (Å²) in [4.78, 5) is 115. The summed E-state index contributed by atoms with van der Waals surface area (Å²) >= 11 is 11.1. The van der Waals surface area contributed by atoms with Gasteiger partial charge >= 0.3 is 5.97 Å². The number of nitrogens with zero attached hydrogens (tertiary/aromatic N) is 3. The highest BCUT2D eigenvalue weighted by molar-refractivity contribution is 7.99. The molecule has 0 spiro atoms. The highest BCUT2D eigenvalue weighted by Gasteiger charge is 2.41. The van der Waals surface area contributed by atoms with E-state index in [1.165, 1.54) is 28.4 Å². The first-order valence-electron chi connectivity index (χ1n) is 20.5. The number of carboxylic acids is 1. The summed E-state index contributed by atoms with van der Waals surface area (Å²) in [7, 11) is 0. The van der Waals surface area contributed by atoms with E-state index >= 15 is 0 Å². The van der Waals surface area contributed by atoms with Gasteiger partial charge in [-0.15, -0.1) is 11.8 Å². The molecule has 0 bridgehead atoms. The zero-order chi connectivity index (χ0) is 48.7. The third-order valence-corrected chi connectivity index (χ3v) is 11.8. The second-order valence-electron chi connectivity index (χ2n) is 15.9. The van der Waals surface area contributed by atoms with Crippen LogP contribution in [0.15, 0.2) is 9.98 Å². The summed E-state index contributed by atoms with van der Waals surface area (Å²) < 4.78 is -0.887. The molecule has 7 atom stereocenters. The summed E-state index contributed by atoms with van der Waals surface area (Å²) in [5.74, 6) is -6.08. The van der Waals surface area contributed by atoms with Crippen LogP contribution in [0.4, 0.5) is 0 Å². The fraction of sp³-hybridized carbons (Fsp3) is 0.730. The van der Waals surface area contributed by atoms with Gasteiger partial charge in [-0.2, -0.15) is 37.0 Å². The van der Waals surface area contributed by atoms with Crippen molar-refractivity contribution < 1.29 is 43.5 Å². The Morgan fingerprint density at radius 1 is 0.797 bits per heavy atom. The van der Waals surface area contributed by atoms with E-state index in [2.05, 4.69) is 67.1 Å². The Kier molecular flexibility index (Phi) is 26.4. The highest BCUT2D eigenvalue weighted by Crippen LogP contribution is 2.24. The van der Waals surface area contributed by atoms with E-state index in [9.17, 15) is 43.5 Å². The van der Waals surface area contributed by atoms with Gasteiger partial charge in [-0.25, -0.2) is 4.79 Å². The van der Waals surface area contributed by atoms with Crippen molar-refractivity contribution in [3.05, 3.63) is 0 Å². The number of rotatable bonds is 29. The van der Waals surface area contributed by atoms with Gasteiger partial charge in [0.05, 0.1) is 18.5 Å². The number of nitrogens with one attached hydrogen (secondary N) is 6. The number of thiol groups is 2. The Balaban J connectivity index is 3.38. The third-order valence-electron chi connectivity index (χ3n) is 9.47. The van der Waals surface area contributed by atoms with E-state index in [1.807, 2.05) is 6.26 Å². The number of guanidine groups is 2. The molecule has 0 aromatic carbocycles. The molecule has 0 aliphatic carbocycles. The zero-order valence-electron chi connectivity index (χ0n) is 37.0. The number of hydrogen-bond acceptors (Lipinski definition) is 15. The number of amides is 7. The van der Waals surface area contributed by atoms with Crippen LogP contribution < -0.4 is 60.6 Å². The molecule has 1 rings (SSSR count). The number of carbonyl (C=O) groups excluding carboxylic acids is 7. The Hall–Kier alpha value is -4.34. The number of aliphatic carboxylic acids is 1. The van der Waals surface area contributed by atoms with Crippen LogP contribution in [0.25, 0.3) is 0 Å². The van der Waals surface area contributed by atoms with E-state index < -0.39 is 101 Å². The maximum Gasteiger partial charge on any atom is 0.327 e. The van der Waals surface area contributed by atoms with Crippen LogP contribution in [-0.2, 0) is 38.4 Å². The molecule has 1 fully saturated rings. The van der Waals surface area contributed by atoms with Gasteiger partial charge in [-0.3, -0.25) is 43.5 Å². The van der Waals surface area contributed by atoms with Gasteiger partial charge in [0, 0.05) is 29.3 Å². The van der Waals surface area contributed by atoms with Crippen LogP contribution in [0.1, 0.15) is 66.2 Å². The summed E-state index contributed by atoms with van der Waals surface area (Å²) in [6.07, 6.45) is 2.63. The third kappa shape index (κ3) is 21.6. The Labute approximate surface area is 393 Å². The molecule has 1 aliphatic rings. The van der Waals surface area contributed by atoms with E-state index in [4.69, 9.17) is 28.7 Å². The molecule has 0 saturated carbocycles. The van der Waals surface area contributed by atoms with Gasteiger partial charge in [0.1, 0.15) is 36.3 Å². The average Bonchev–Trinajstić information content (AvgIpc) is 3.71. The maximum atomic E-state index is 14.1. The minimum Gasteiger partial charge on any atom is -0.480 e. The van der Waals surface area contributed by atoms with Crippen molar-refractivity contribution in [1.29, 1.82) is 0 Å². The average molecular weight is 981 g/mol. The Morgan fingerprint density at radius 3 is 1.83 bits per heavy atom. The van der Waals surface area contributed by atoms with Crippen molar-refractivity contribution in [2.24, 2.45) is 44.6 Å². The van der Waals surface area contributed by atoms with Crippen LogP contribution >= 0.6 is 48.8 Å². The largest absolute Gasteiger partial charge is 0.480 e. The molecular formula is C37H68N14O9S4. The zero-order valence-corrected chi connectivity index (χ0v) is 40.4. The molecule has 0 aromatic rings. The molecule has 1 saturated heterocycles. The van der Waals surface area contributed by atoms with Crippen molar-refractivity contribution in [3.8, 4) is 0 Å². The second-order valence-corrected chi connectivity index (χ2v) is 19.4.